The molecule has 2 N–H and O–H groups in total. The highest BCUT2D eigenvalue weighted by Crippen LogP contribution is 2.49. The van der Waals surface area contributed by atoms with Crippen molar-refractivity contribution in [3.8, 4) is 0 Å². The maximum Gasteiger partial charge on any atom is 0.113 e. The lowest BCUT2D eigenvalue weighted by atomic mass is 9.97. The van der Waals surface area contributed by atoms with Gasteiger partial charge in [0.2, 0.25) is 0 Å². The minimum absolute atomic E-state index is 0.183. The van der Waals surface area contributed by atoms with E-state index in [1.165, 1.54) is 37.0 Å². The van der Waals surface area contributed by atoms with Gasteiger partial charge in [-0.05, 0) is 63.6 Å². The van der Waals surface area contributed by atoms with Gasteiger partial charge in [0.15, 0.2) is 0 Å². The fourth-order valence-corrected chi connectivity index (χ4v) is 3.31. The minimum atomic E-state index is 0.183. The number of rotatable bonds is 3. The second-order valence-corrected chi connectivity index (χ2v) is 6.76. The summed E-state index contributed by atoms with van der Waals surface area (Å²) in [4.78, 5) is 4.89. The Morgan fingerprint density at radius 1 is 1.21 bits per heavy atom. The van der Waals surface area contributed by atoms with Crippen LogP contribution in [-0.4, -0.2) is 9.55 Å². The average Bonchev–Trinajstić information content (AvgIpc) is 3.23. The summed E-state index contributed by atoms with van der Waals surface area (Å²) in [7, 11) is 0. The molecule has 4 rings (SSSR count). The van der Waals surface area contributed by atoms with Gasteiger partial charge in [0.05, 0.1) is 11.0 Å². The highest BCUT2D eigenvalue weighted by Gasteiger charge is 2.43. The van der Waals surface area contributed by atoms with Gasteiger partial charge in [0.1, 0.15) is 5.82 Å². The van der Waals surface area contributed by atoms with Gasteiger partial charge in [0.25, 0.3) is 0 Å². The molecule has 1 aromatic carbocycles. The summed E-state index contributed by atoms with van der Waals surface area (Å²) in [6.45, 7) is 4.74. The van der Waals surface area contributed by atoms with Crippen molar-refractivity contribution in [2.75, 3.05) is 5.73 Å². The molecule has 0 saturated heterocycles. The van der Waals surface area contributed by atoms with Crippen LogP contribution in [0.25, 0.3) is 11.0 Å². The first-order chi connectivity index (χ1) is 9.07. The third-order valence-electron chi connectivity index (χ3n) is 4.80. The Labute approximate surface area is 113 Å². The van der Waals surface area contributed by atoms with Gasteiger partial charge < -0.3 is 10.3 Å². The van der Waals surface area contributed by atoms with Crippen LogP contribution in [0.1, 0.15) is 51.3 Å². The number of imidazole rings is 1. The molecule has 0 radical (unpaired) electrons. The monoisotopic (exact) mass is 255 g/mol. The van der Waals surface area contributed by atoms with E-state index in [0.29, 0.717) is 5.92 Å². The molecule has 2 saturated carbocycles. The molecular weight excluding hydrogens is 234 g/mol. The van der Waals surface area contributed by atoms with E-state index in [4.69, 9.17) is 10.7 Å². The average molecular weight is 255 g/mol. The zero-order chi connectivity index (χ0) is 13.2. The van der Waals surface area contributed by atoms with Gasteiger partial charge in [-0.1, -0.05) is 0 Å². The predicted molar refractivity (Wildman–Crippen MR) is 78.2 cm³/mol. The van der Waals surface area contributed by atoms with E-state index in [2.05, 4.69) is 24.5 Å². The third kappa shape index (κ3) is 1.67. The van der Waals surface area contributed by atoms with Crippen LogP contribution in [0, 0.1) is 5.92 Å². The number of benzene rings is 1. The molecule has 0 spiro atoms. The fourth-order valence-electron chi connectivity index (χ4n) is 3.31. The molecule has 0 aliphatic heterocycles. The first-order valence-corrected chi connectivity index (χ1v) is 7.36. The molecule has 0 amide bonds. The van der Waals surface area contributed by atoms with Crippen molar-refractivity contribution in [3.05, 3.63) is 24.0 Å². The first-order valence-electron chi connectivity index (χ1n) is 7.36. The lowest BCUT2D eigenvalue weighted by molar-refractivity contribution is 0.304. The van der Waals surface area contributed by atoms with Gasteiger partial charge in [-0.2, -0.15) is 0 Å². The van der Waals surface area contributed by atoms with Crippen molar-refractivity contribution in [2.45, 2.75) is 51.0 Å². The Bertz CT molecular complexity index is 645. The van der Waals surface area contributed by atoms with E-state index in [1.807, 2.05) is 12.1 Å². The number of aromatic nitrogens is 2. The van der Waals surface area contributed by atoms with E-state index < -0.39 is 0 Å². The molecule has 2 aromatic rings. The summed E-state index contributed by atoms with van der Waals surface area (Å²) in [5.74, 6) is 2.77. The second-order valence-electron chi connectivity index (χ2n) is 6.76. The highest BCUT2D eigenvalue weighted by molar-refractivity contribution is 5.80. The summed E-state index contributed by atoms with van der Waals surface area (Å²) in [5.41, 5.74) is 9.22. The summed E-state index contributed by atoms with van der Waals surface area (Å²) < 4.78 is 2.51. The van der Waals surface area contributed by atoms with Crippen molar-refractivity contribution in [1.82, 2.24) is 9.55 Å². The van der Waals surface area contributed by atoms with Crippen molar-refractivity contribution in [1.29, 1.82) is 0 Å². The minimum Gasteiger partial charge on any atom is -0.399 e. The fraction of sp³-hybridized carbons (Fsp3) is 0.562. The van der Waals surface area contributed by atoms with Crippen molar-refractivity contribution in [3.63, 3.8) is 0 Å². The Hall–Kier alpha value is -1.51. The maximum absolute atomic E-state index is 5.91. The smallest absolute Gasteiger partial charge is 0.113 e. The van der Waals surface area contributed by atoms with Crippen molar-refractivity contribution < 1.29 is 0 Å². The molecular formula is C16H21N3. The van der Waals surface area contributed by atoms with Crippen molar-refractivity contribution in [2.24, 2.45) is 5.92 Å². The first kappa shape index (κ1) is 11.3. The summed E-state index contributed by atoms with van der Waals surface area (Å²) >= 11 is 0. The van der Waals surface area contributed by atoms with Gasteiger partial charge in [0, 0.05) is 17.1 Å². The van der Waals surface area contributed by atoms with Gasteiger partial charge >= 0.3 is 0 Å². The predicted octanol–water partition coefficient (Wildman–Crippen LogP) is 3.64. The molecule has 100 valence electrons. The van der Waals surface area contributed by atoms with Gasteiger partial charge in [-0.3, -0.25) is 0 Å². The normalized spacial score (nSPS) is 20.1. The summed E-state index contributed by atoms with van der Waals surface area (Å²) in [6, 6.07) is 6.16. The standard InChI is InChI=1S/C16H21N3/c1-16(2,11-5-6-11)19-14-8-7-12(17)9-13(14)18-15(19)10-3-4-10/h7-11H,3-6,17H2,1-2H3. The van der Waals surface area contributed by atoms with Crippen LogP contribution in [-0.2, 0) is 5.54 Å². The van der Waals surface area contributed by atoms with Gasteiger partial charge in [-0.15, -0.1) is 0 Å². The number of nitrogens with two attached hydrogens (primary N) is 1. The number of nitrogen functional groups attached to an aromatic ring is 1. The molecule has 2 aliphatic carbocycles. The number of fused-ring (bicyclic) bond motifs is 1. The van der Waals surface area contributed by atoms with E-state index in [1.54, 1.807) is 0 Å². The molecule has 3 heteroatoms. The number of hydrogen-bond acceptors (Lipinski definition) is 2. The lowest BCUT2D eigenvalue weighted by Crippen LogP contribution is -2.30. The zero-order valence-electron chi connectivity index (χ0n) is 11.7. The zero-order valence-corrected chi connectivity index (χ0v) is 11.7. The lowest BCUT2D eigenvalue weighted by Gasteiger charge is -2.29. The van der Waals surface area contributed by atoms with Gasteiger partial charge in [-0.25, -0.2) is 4.98 Å². The SMILES string of the molecule is CC(C)(C1CC1)n1c(C2CC2)nc2cc(N)ccc21. The topological polar surface area (TPSA) is 43.8 Å². The quantitative estimate of drug-likeness (QED) is 0.851. The molecule has 1 heterocycles. The molecule has 2 aliphatic rings. The Morgan fingerprint density at radius 2 is 1.95 bits per heavy atom. The van der Waals surface area contributed by atoms with Crippen molar-refractivity contribution >= 4 is 16.7 Å². The van der Waals surface area contributed by atoms with Crippen LogP contribution in [0.3, 0.4) is 0 Å². The Morgan fingerprint density at radius 3 is 2.58 bits per heavy atom. The van der Waals surface area contributed by atoms with Crippen LogP contribution in [0.15, 0.2) is 18.2 Å². The number of anilines is 1. The molecule has 0 atom stereocenters. The largest absolute Gasteiger partial charge is 0.399 e. The van der Waals surface area contributed by atoms with Crippen LogP contribution >= 0.6 is 0 Å². The molecule has 3 nitrogen and oxygen atoms in total. The summed E-state index contributed by atoms with van der Waals surface area (Å²) in [5, 5.41) is 0. The molecule has 0 unspecified atom stereocenters. The Kier molecular flexibility index (Phi) is 2.10. The van der Waals surface area contributed by atoms with Crippen LogP contribution in [0.2, 0.25) is 0 Å². The van der Waals surface area contributed by atoms with Crippen LogP contribution < -0.4 is 5.73 Å². The van der Waals surface area contributed by atoms with E-state index in [0.717, 1.165) is 17.1 Å². The highest BCUT2D eigenvalue weighted by atomic mass is 15.2. The number of nitrogens with zero attached hydrogens (tertiary/aromatic N) is 2. The molecule has 2 fully saturated rings. The van der Waals surface area contributed by atoms with Crippen LogP contribution in [0.5, 0.6) is 0 Å². The molecule has 1 aromatic heterocycles. The maximum atomic E-state index is 5.91. The number of hydrogen-bond donors (Lipinski definition) is 1. The Balaban J connectivity index is 1.97. The van der Waals surface area contributed by atoms with E-state index in [-0.39, 0.29) is 5.54 Å². The summed E-state index contributed by atoms with van der Waals surface area (Å²) in [6.07, 6.45) is 5.29. The van der Waals surface area contributed by atoms with E-state index >= 15 is 0 Å². The van der Waals surface area contributed by atoms with Crippen LogP contribution in [0.4, 0.5) is 5.69 Å². The molecule has 0 bridgehead atoms. The second kappa shape index (κ2) is 3.53. The molecule has 19 heavy (non-hydrogen) atoms. The third-order valence-corrected chi connectivity index (χ3v) is 4.80. The van der Waals surface area contributed by atoms with E-state index in [9.17, 15) is 0 Å².